The maximum absolute atomic E-state index is 12.7. The average Bonchev–Trinajstić information content (AvgIpc) is 2.96. The minimum atomic E-state index is -4.61. The number of thiophene rings is 1. The summed E-state index contributed by atoms with van der Waals surface area (Å²) in [5.41, 5.74) is -1.72. The fourth-order valence-electron chi connectivity index (χ4n) is 2.08. The molecule has 0 aromatic carbocycles. The molecule has 1 N–H and O–H groups in total. The molecule has 11 heteroatoms. The Morgan fingerprint density at radius 2 is 1.92 bits per heavy atom. The highest BCUT2D eigenvalue weighted by atomic mass is 32.2. The quantitative estimate of drug-likeness (QED) is 0.710. The molecule has 142 valence electrons. The van der Waals surface area contributed by atoms with E-state index < -0.39 is 39.7 Å². The van der Waals surface area contributed by atoms with Gasteiger partial charge in [0.25, 0.3) is 5.56 Å². The monoisotopic (exact) mass is 408 g/mol. The van der Waals surface area contributed by atoms with Crippen LogP contribution in [0.5, 0.6) is 0 Å². The van der Waals surface area contributed by atoms with Crippen LogP contribution >= 0.6 is 11.3 Å². The third-order valence-corrected chi connectivity index (χ3v) is 5.21. The first-order valence-electron chi connectivity index (χ1n) is 7.30. The van der Waals surface area contributed by atoms with Crippen molar-refractivity contribution in [2.75, 3.05) is 12.8 Å². The number of sulfonamides is 1. The van der Waals surface area contributed by atoms with Crippen molar-refractivity contribution in [1.82, 2.24) is 9.29 Å². The van der Waals surface area contributed by atoms with Crippen LogP contribution < -0.4 is 10.3 Å². The third kappa shape index (κ3) is 5.78. The van der Waals surface area contributed by atoms with Crippen LogP contribution in [0.15, 0.2) is 35.3 Å². The number of carbonyl (C=O) groups is 1. The Morgan fingerprint density at radius 3 is 2.54 bits per heavy atom. The number of rotatable bonds is 7. The summed E-state index contributed by atoms with van der Waals surface area (Å²) >= 11 is 1.10. The number of pyridine rings is 1. The first-order chi connectivity index (χ1) is 12.0. The number of ketones is 1. The van der Waals surface area contributed by atoms with Crippen molar-refractivity contribution in [1.29, 1.82) is 0 Å². The fraction of sp³-hybridized carbons (Fsp3) is 0.333. The molecule has 0 atom stereocenters. The van der Waals surface area contributed by atoms with Gasteiger partial charge in [0.2, 0.25) is 10.0 Å². The van der Waals surface area contributed by atoms with E-state index in [2.05, 4.69) is 4.72 Å². The van der Waals surface area contributed by atoms with Crippen LogP contribution in [0.25, 0.3) is 0 Å². The zero-order chi connectivity index (χ0) is 19.5. The van der Waals surface area contributed by atoms with Gasteiger partial charge in [-0.25, -0.2) is 13.1 Å². The molecule has 26 heavy (non-hydrogen) atoms. The van der Waals surface area contributed by atoms with E-state index in [4.69, 9.17) is 0 Å². The van der Waals surface area contributed by atoms with Crippen LogP contribution in [0.3, 0.4) is 0 Å². The largest absolute Gasteiger partial charge is 0.417 e. The Kier molecular flexibility index (Phi) is 6.04. The molecular weight excluding hydrogens is 393 g/mol. The lowest BCUT2D eigenvalue weighted by atomic mass is 10.2. The lowest BCUT2D eigenvalue weighted by Crippen LogP contribution is -2.24. The van der Waals surface area contributed by atoms with E-state index in [1.165, 1.54) is 6.07 Å². The predicted octanol–water partition coefficient (Wildman–Crippen LogP) is 1.90. The molecule has 0 aliphatic heterocycles. The maximum Gasteiger partial charge on any atom is 0.417 e. The molecule has 0 fully saturated rings. The summed E-state index contributed by atoms with van der Waals surface area (Å²) in [4.78, 5) is 24.9. The average molecular weight is 408 g/mol. The van der Waals surface area contributed by atoms with Crippen molar-refractivity contribution in [3.8, 4) is 0 Å². The highest BCUT2D eigenvalue weighted by molar-refractivity contribution is 7.88. The molecule has 0 unspecified atom stereocenters. The minimum Gasteiger partial charge on any atom is -0.307 e. The van der Waals surface area contributed by atoms with Crippen LogP contribution in [0.4, 0.5) is 13.2 Å². The highest BCUT2D eigenvalue weighted by Crippen LogP contribution is 2.28. The smallest absolute Gasteiger partial charge is 0.307 e. The van der Waals surface area contributed by atoms with E-state index >= 15 is 0 Å². The first kappa shape index (κ1) is 20.3. The lowest BCUT2D eigenvalue weighted by Gasteiger charge is -2.09. The summed E-state index contributed by atoms with van der Waals surface area (Å²) < 4.78 is 63.2. The Labute approximate surface area is 151 Å². The Hall–Kier alpha value is -1.98. The number of nitrogens with zero attached hydrogens (tertiary/aromatic N) is 1. The van der Waals surface area contributed by atoms with Gasteiger partial charge in [-0.3, -0.25) is 9.59 Å². The van der Waals surface area contributed by atoms with Crippen molar-refractivity contribution in [3.05, 3.63) is 56.1 Å². The second kappa shape index (κ2) is 7.72. The lowest BCUT2D eigenvalue weighted by molar-refractivity contribution is -0.138. The molecule has 0 aliphatic rings. The zero-order valence-corrected chi connectivity index (χ0v) is 15.2. The number of hydrogen-bond donors (Lipinski definition) is 1. The fourth-order valence-corrected chi connectivity index (χ4v) is 3.49. The topological polar surface area (TPSA) is 85.2 Å². The predicted molar refractivity (Wildman–Crippen MR) is 90.9 cm³/mol. The van der Waals surface area contributed by atoms with E-state index in [-0.39, 0.29) is 11.4 Å². The van der Waals surface area contributed by atoms with Crippen LogP contribution in [-0.2, 0) is 29.2 Å². The summed E-state index contributed by atoms with van der Waals surface area (Å²) in [6.45, 7) is -0.343. The molecule has 6 nitrogen and oxygen atoms in total. The van der Waals surface area contributed by atoms with Gasteiger partial charge in [0.05, 0.1) is 23.2 Å². The Balaban J connectivity index is 2.08. The second-order valence-corrected chi connectivity index (χ2v) is 8.49. The summed E-state index contributed by atoms with van der Waals surface area (Å²) in [7, 11) is -3.31. The number of carbonyl (C=O) groups excluding carboxylic acids is 1. The molecule has 2 heterocycles. The number of alkyl halides is 3. The molecule has 2 aromatic rings. The van der Waals surface area contributed by atoms with E-state index in [1.807, 2.05) is 0 Å². The van der Waals surface area contributed by atoms with Crippen LogP contribution in [0.1, 0.15) is 20.1 Å². The van der Waals surface area contributed by atoms with Gasteiger partial charge in [-0.2, -0.15) is 13.2 Å². The van der Waals surface area contributed by atoms with Gasteiger partial charge >= 0.3 is 6.18 Å². The maximum atomic E-state index is 12.7. The summed E-state index contributed by atoms with van der Waals surface area (Å²) in [6, 6.07) is 4.58. The van der Waals surface area contributed by atoms with Gasteiger partial charge in [0, 0.05) is 23.7 Å². The van der Waals surface area contributed by atoms with Gasteiger partial charge in [-0.1, -0.05) is 0 Å². The number of hydrogen-bond acceptors (Lipinski definition) is 5. The molecule has 2 aromatic heterocycles. The molecular formula is C15H15F3N2O4S2. The number of Topliss-reactive ketones (excluding diaryl/α,β-unsaturated/α-hetero) is 1. The molecule has 0 saturated carbocycles. The van der Waals surface area contributed by atoms with Crippen LogP contribution in [0.2, 0.25) is 0 Å². The Bertz CT molecular complexity index is 962. The molecule has 0 aliphatic carbocycles. The highest BCUT2D eigenvalue weighted by Gasteiger charge is 2.31. The summed E-state index contributed by atoms with van der Waals surface area (Å²) in [5.74, 6) is -0.501. The number of aromatic nitrogens is 1. The number of nitrogens with one attached hydrogen (secondary N) is 1. The molecule has 2 rings (SSSR count). The molecule has 0 spiro atoms. The van der Waals surface area contributed by atoms with Crippen LogP contribution in [0, 0.1) is 0 Å². The van der Waals surface area contributed by atoms with Gasteiger partial charge in [0.15, 0.2) is 5.78 Å². The molecule has 0 amide bonds. The normalized spacial score (nSPS) is 12.3. The third-order valence-electron chi connectivity index (χ3n) is 3.30. The standard InChI is InChI=1S/C15H15F3N2O4S2/c1-26(23,24)19-7-6-11-3-4-13(25-11)12(21)9-20-8-10(15(16,17)18)2-5-14(20)22/h2-5,8,19H,6-7,9H2,1H3. The number of halogens is 3. The van der Waals surface area contributed by atoms with Gasteiger partial charge in [-0.05, 0) is 24.6 Å². The first-order valence-corrected chi connectivity index (χ1v) is 10.0. The van der Waals surface area contributed by atoms with Crippen molar-refractivity contribution < 1.29 is 26.4 Å². The minimum absolute atomic E-state index is 0.167. The van der Waals surface area contributed by atoms with Crippen molar-refractivity contribution >= 4 is 27.1 Å². The summed E-state index contributed by atoms with van der Waals surface area (Å²) in [5, 5.41) is 0. The van der Waals surface area contributed by atoms with Gasteiger partial charge < -0.3 is 4.57 Å². The van der Waals surface area contributed by atoms with Crippen molar-refractivity contribution in [2.24, 2.45) is 0 Å². The van der Waals surface area contributed by atoms with E-state index in [1.54, 1.807) is 6.07 Å². The van der Waals surface area contributed by atoms with Crippen LogP contribution in [-0.4, -0.2) is 31.6 Å². The zero-order valence-electron chi connectivity index (χ0n) is 13.5. The van der Waals surface area contributed by atoms with Crippen molar-refractivity contribution in [3.63, 3.8) is 0 Å². The second-order valence-electron chi connectivity index (χ2n) is 5.49. The molecule has 0 saturated heterocycles. The van der Waals surface area contributed by atoms with E-state index in [0.717, 1.165) is 33.1 Å². The summed E-state index contributed by atoms with van der Waals surface area (Å²) in [6.07, 6.45) is -2.59. The SMILES string of the molecule is CS(=O)(=O)NCCc1ccc(C(=O)Cn2cc(C(F)(F)F)ccc2=O)s1. The Morgan fingerprint density at radius 1 is 1.23 bits per heavy atom. The van der Waals surface area contributed by atoms with Gasteiger partial charge in [-0.15, -0.1) is 11.3 Å². The van der Waals surface area contributed by atoms with E-state index in [9.17, 15) is 31.2 Å². The molecule has 0 bridgehead atoms. The van der Waals surface area contributed by atoms with Crippen molar-refractivity contribution in [2.45, 2.75) is 19.1 Å². The van der Waals surface area contributed by atoms with Gasteiger partial charge in [0.1, 0.15) is 0 Å². The van der Waals surface area contributed by atoms with E-state index in [0.29, 0.717) is 18.7 Å². The molecule has 0 radical (unpaired) electrons.